The van der Waals surface area contributed by atoms with E-state index in [0.717, 1.165) is 31.3 Å². The number of nitrogen functional groups attached to an aromatic ring is 1. The van der Waals surface area contributed by atoms with Gasteiger partial charge in [0.1, 0.15) is 11.6 Å². The van der Waals surface area contributed by atoms with Crippen LogP contribution in [0.4, 0.5) is 17.6 Å². The molecule has 0 amide bonds. The lowest BCUT2D eigenvalue weighted by atomic mass is 10.4. The van der Waals surface area contributed by atoms with E-state index in [0.29, 0.717) is 6.61 Å². The molecule has 0 fully saturated rings. The van der Waals surface area contributed by atoms with Crippen molar-refractivity contribution in [1.29, 1.82) is 0 Å². The number of nitrogens with zero attached hydrogens (tertiary/aromatic N) is 3. The van der Waals surface area contributed by atoms with Crippen molar-refractivity contribution in [1.82, 2.24) is 9.97 Å². The number of hydrogen-bond acceptors (Lipinski definition) is 6. The van der Waals surface area contributed by atoms with Gasteiger partial charge >= 0.3 is 0 Å². The molecule has 1 aromatic rings. The fourth-order valence-electron chi connectivity index (χ4n) is 1.50. The third kappa shape index (κ3) is 4.07. The van der Waals surface area contributed by atoms with Gasteiger partial charge in [0.25, 0.3) is 0 Å². The molecule has 1 heterocycles. The van der Waals surface area contributed by atoms with Gasteiger partial charge in [-0.05, 0) is 13.8 Å². The van der Waals surface area contributed by atoms with Crippen molar-refractivity contribution in [2.24, 2.45) is 0 Å². The predicted molar refractivity (Wildman–Crippen MR) is 70.4 cm³/mol. The average molecular weight is 239 g/mol. The van der Waals surface area contributed by atoms with E-state index < -0.39 is 0 Å². The molecule has 3 N–H and O–H groups in total. The normalized spacial score (nSPS) is 10.3. The van der Waals surface area contributed by atoms with Crippen LogP contribution in [0.2, 0.25) is 0 Å². The topological polar surface area (TPSA) is 76.3 Å². The van der Waals surface area contributed by atoms with Crippen LogP contribution >= 0.6 is 0 Å². The van der Waals surface area contributed by atoms with Crippen molar-refractivity contribution in [3.63, 3.8) is 0 Å². The molecule has 0 spiro atoms. The first kappa shape index (κ1) is 13.5. The molecule has 0 aliphatic rings. The van der Waals surface area contributed by atoms with Crippen LogP contribution in [0.15, 0.2) is 6.07 Å². The Balaban J connectivity index is 2.76. The van der Waals surface area contributed by atoms with E-state index in [4.69, 9.17) is 10.5 Å². The Labute approximate surface area is 102 Å². The molecule has 6 nitrogen and oxygen atoms in total. The molecule has 96 valence electrons. The predicted octanol–water partition coefficient (Wildman–Crippen LogP) is 0.963. The van der Waals surface area contributed by atoms with Crippen molar-refractivity contribution in [3.8, 4) is 0 Å². The smallest absolute Gasteiger partial charge is 0.223 e. The number of likely N-dealkylation sites (N-methyl/N-ethyl adjacent to an activating group) is 1. The first-order valence-electron chi connectivity index (χ1n) is 5.86. The van der Waals surface area contributed by atoms with Crippen molar-refractivity contribution >= 4 is 17.6 Å². The highest BCUT2D eigenvalue weighted by molar-refractivity contribution is 5.52. The van der Waals surface area contributed by atoms with Gasteiger partial charge in [-0.1, -0.05) is 0 Å². The van der Waals surface area contributed by atoms with Gasteiger partial charge in [0, 0.05) is 32.8 Å². The monoisotopic (exact) mass is 239 g/mol. The third-order valence-corrected chi connectivity index (χ3v) is 2.40. The van der Waals surface area contributed by atoms with Crippen LogP contribution in [0, 0.1) is 0 Å². The Morgan fingerprint density at radius 1 is 1.41 bits per heavy atom. The average Bonchev–Trinajstić information content (AvgIpc) is 2.34. The van der Waals surface area contributed by atoms with Gasteiger partial charge in [0.15, 0.2) is 0 Å². The maximum absolute atomic E-state index is 5.66. The summed E-state index contributed by atoms with van der Waals surface area (Å²) < 4.78 is 5.34. The second kappa shape index (κ2) is 6.90. The van der Waals surface area contributed by atoms with Crippen LogP contribution in [-0.4, -0.2) is 43.3 Å². The SMILES string of the molecule is CCOCCN(CC)c1cc(NC)nc(N)n1. The maximum Gasteiger partial charge on any atom is 0.223 e. The van der Waals surface area contributed by atoms with Crippen molar-refractivity contribution in [2.75, 3.05) is 49.3 Å². The highest BCUT2D eigenvalue weighted by Gasteiger charge is 2.08. The second-order valence-corrected chi connectivity index (χ2v) is 3.50. The van der Waals surface area contributed by atoms with E-state index in [1.165, 1.54) is 0 Å². The lowest BCUT2D eigenvalue weighted by Gasteiger charge is -2.22. The van der Waals surface area contributed by atoms with E-state index >= 15 is 0 Å². The summed E-state index contributed by atoms with van der Waals surface area (Å²) in [6, 6.07) is 1.88. The number of nitrogens with two attached hydrogens (primary N) is 1. The standard InChI is InChI=1S/C11H21N5O/c1-4-16(6-7-17-5-2)10-8-9(13-3)14-11(12)15-10/h8H,4-7H2,1-3H3,(H3,12,13,14,15). The van der Waals surface area contributed by atoms with Crippen LogP contribution in [0.3, 0.4) is 0 Å². The van der Waals surface area contributed by atoms with Crippen molar-refractivity contribution < 1.29 is 4.74 Å². The Kier molecular flexibility index (Phi) is 5.48. The van der Waals surface area contributed by atoms with Crippen LogP contribution in [-0.2, 0) is 4.74 Å². The molecule has 0 radical (unpaired) electrons. The van der Waals surface area contributed by atoms with Gasteiger partial charge in [-0.25, -0.2) is 0 Å². The minimum atomic E-state index is 0.279. The quantitative estimate of drug-likeness (QED) is 0.690. The number of aromatic nitrogens is 2. The molecule has 0 atom stereocenters. The van der Waals surface area contributed by atoms with Gasteiger partial charge in [-0.15, -0.1) is 0 Å². The molecule has 1 aromatic heterocycles. The fourth-order valence-corrected chi connectivity index (χ4v) is 1.50. The molecular formula is C11H21N5O. The van der Waals surface area contributed by atoms with Crippen LogP contribution in [0.25, 0.3) is 0 Å². The van der Waals surface area contributed by atoms with Gasteiger partial charge in [-0.2, -0.15) is 9.97 Å². The third-order valence-electron chi connectivity index (χ3n) is 2.40. The highest BCUT2D eigenvalue weighted by Crippen LogP contribution is 2.16. The molecule has 17 heavy (non-hydrogen) atoms. The van der Waals surface area contributed by atoms with Gasteiger partial charge in [0.2, 0.25) is 5.95 Å². The molecule has 1 rings (SSSR count). The second-order valence-electron chi connectivity index (χ2n) is 3.50. The minimum Gasteiger partial charge on any atom is -0.380 e. The van der Waals surface area contributed by atoms with Crippen LogP contribution < -0.4 is 16.0 Å². The Hall–Kier alpha value is -1.56. The molecule has 0 aliphatic carbocycles. The number of nitrogens with one attached hydrogen (secondary N) is 1. The number of ether oxygens (including phenoxy) is 1. The summed E-state index contributed by atoms with van der Waals surface area (Å²) in [7, 11) is 1.81. The molecule has 0 bridgehead atoms. The first-order chi connectivity index (χ1) is 8.21. The first-order valence-corrected chi connectivity index (χ1v) is 5.86. The summed E-state index contributed by atoms with van der Waals surface area (Å²) in [5.41, 5.74) is 5.66. The van der Waals surface area contributed by atoms with E-state index in [1.54, 1.807) is 0 Å². The van der Waals surface area contributed by atoms with E-state index in [2.05, 4.69) is 27.1 Å². The van der Waals surface area contributed by atoms with Crippen molar-refractivity contribution in [2.45, 2.75) is 13.8 Å². The molecule has 0 aromatic carbocycles. The minimum absolute atomic E-state index is 0.279. The van der Waals surface area contributed by atoms with E-state index in [1.807, 2.05) is 20.0 Å². The molecule has 0 saturated heterocycles. The largest absolute Gasteiger partial charge is 0.380 e. The Morgan fingerprint density at radius 3 is 2.76 bits per heavy atom. The summed E-state index contributed by atoms with van der Waals surface area (Å²) in [5.74, 6) is 1.83. The van der Waals surface area contributed by atoms with E-state index in [9.17, 15) is 0 Å². The molecule has 0 aliphatic heterocycles. The van der Waals surface area contributed by atoms with Gasteiger partial charge < -0.3 is 20.7 Å². The summed E-state index contributed by atoms with van der Waals surface area (Å²) >= 11 is 0. The zero-order valence-electron chi connectivity index (χ0n) is 10.7. The number of hydrogen-bond donors (Lipinski definition) is 2. The summed E-state index contributed by atoms with van der Waals surface area (Å²) in [5, 5.41) is 2.97. The fraction of sp³-hybridized carbons (Fsp3) is 0.636. The maximum atomic E-state index is 5.66. The molecule has 6 heteroatoms. The number of rotatable bonds is 7. The summed E-state index contributed by atoms with van der Waals surface area (Å²) in [6.07, 6.45) is 0. The Bertz CT molecular complexity index is 345. The molecule has 0 saturated carbocycles. The lowest BCUT2D eigenvalue weighted by molar-refractivity contribution is 0.154. The summed E-state index contributed by atoms with van der Waals surface area (Å²) in [4.78, 5) is 10.4. The summed E-state index contributed by atoms with van der Waals surface area (Å²) in [6.45, 7) is 7.12. The zero-order chi connectivity index (χ0) is 12.7. The van der Waals surface area contributed by atoms with Gasteiger partial charge in [-0.3, -0.25) is 0 Å². The zero-order valence-corrected chi connectivity index (χ0v) is 10.7. The van der Waals surface area contributed by atoms with Gasteiger partial charge in [0.05, 0.1) is 6.61 Å². The Morgan fingerprint density at radius 2 is 2.18 bits per heavy atom. The lowest BCUT2D eigenvalue weighted by Crippen LogP contribution is -2.28. The van der Waals surface area contributed by atoms with E-state index in [-0.39, 0.29) is 5.95 Å². The van der Waals surface area contributed by atoms with Crippen molar-refractivity contribution in [3.05, 3.63) is 6.07 Å². The highest BCUT2D eigenvalue weighted by atomic mass is 16.5. The van der Waals surface area contributed by atoms with Crippen LogP contribution in [0.1, 0.15) is 13.8 Å². The van der Waals surface area contributed by atoms with Crippen LogP contribution in [0.5, 0.6) is 0 Å². The number of anilines is 3. The molecule has 0 unspecified atom stereocenters. The molecular weight excluding hydrogens is 218 g/mol.